The lowest BCUT2D eigenvalue weighted by Gasteiger charge is -2.20. The number of carboxylic acid groups (broad SMARTS) is 3. The maximum atomic E-state index is 10.3. The summed E-state index contributed by atoms with van der Waals surface area (Å²) in [5, 5.41) is 33.8. The van der Waals surface area contributed by atoms with Crippen LogP contribution in [-0.2, 0) is 14.4 Å². The third-order valence-electron chi connectivity index (χ3n) is 7.72. The number of methoxy groups -OCH3 is 1. The van der Waals surface area contributed by atoms with E-state index in [1.165, 1.54) is 53.8 Å². The first kappa shape index (κ1) is 36.8. The van der Waals surface area contributed by atoms with E-state index in [0.717, 1.165) is 31.1 Å². The minimum Gasteiger partial charge on any atom is -0.497 e. The van der Waals surface area contributed by atoms with E-state index in [9.17, 15) is 14.4 Å². The molecule has 0 amide bonds. The first-order valence-corrected chi connectivity index (χ1v) is 15.7. The molecule has 252 valence electrons. The molecule has 0 radical (unpaired) electrons. The van der Waals surface area contributed by atoms with E-state index >= 15 is 0 Å². The number of likely N-dealkylation sites (tertiary alicyclic amines) is 1. The van der Waals surface area contributed by atoms with Gasteiger partial charge in [-0.3, -0.25) is 14.5 Å². The van der Waals surface area contributed by atoms with Crippen molar-refractivity contribution in [2.45, 2.75) is 51.6 Å². The van der Waals surface area contributed by atoms with Gasteiger partial charge in [-0.05, 0) is 90.4 Å². The summed E-state index contributed by atoms with van der Waals surface area (Å²) in [4.78, 5) is 33.0. The zero-order valence-corrected chi connectivity index (χ0v) is 27.2. The number of carbonyl (C=O) groups is 3. The van der Waals surface area contributed by atoms with Crippen molar-refractivity contribution in [3.63, 3.8) is 0 Å². The fourth-order valence-corrected chi connectivity index (χ4v) is 5.42. The molecule has 3 aromatic carbocycles. The fraction of sp³-hybridized carbons (Fsp3) is 0.378. The highest BCUT2D eigenvalue weighted by Gasteiger charge is 2.40. The average Bonchev–Trinajstić information content (AvgIpc) is 3.55. The van der Waals surface area contributed by atoms with Crippen LogP contribution in [0.4, 0.5) is 0 Å². The van der Waals surface area contributed by atoms with Crippen molar-refractivity contribution in [1.29, 1.82) is 0 Å². The molecular formula is C37H45NO9. The molecule has 0 saturated carbocycles. The number of hydrogen-bond donors (Lipinski definition) is 4. The highest BCUT2D eigenvalue weighted by molar-refractivity contribution is 5.98. The summed E-state index contributed by atoms with van der Waals surface area (Å²) in [6.45, 7) is 8.72. The number of benzene rings is 3. The van der Waals surface area contributed by atoms with Crippen molar-refractivity contribution in [1.82, 2.24) is 4.90 Å². The van der Waals surface area contributed by atoms with Crippen LogP contribution in [0.3, 0.4) is 0 Å². The maximum Gasteiger partial charge on any atom is 0.336 e. The number of aliphatic carboxylic acids is 3. The summed E-state index contributed by atoms with van der Waals surface area (Å²) in [7, 11) is 1.71. The van der Waals surface area contributed by atoms with E-state index in [0.29, 0.717) is 5.92 Å². The van der Waals surface area contributed by atoms with Gasteiger partial charge in [0.2, 0.25) is 0 Å². The Morgan fingerprint density at radius 2 is 1.28 bits per heavy atom. The van der Waals surface area contributed by atoms with Gasteiger partial charge in [0, 0.05) is 6.54 Å². The van der Waals surface area contributed by atoms with Crippen molar-refractivity contribution in [3.05, 3.63) is 95.6 Å². The van der Waals surface area contributed by atoms with Gasteiger partial charge >= 0.3 is 17.9 Å². The first-order chi connectivity index (χ1) is 22.4. The smallest absolute Gasteiger partial charge is 0.336 e. The molecule has 0 aromatic heterocycles. The number of allylic oxidation sites excluding steroid dienone is 1. The van der Waals surface area contributed by atoms with E-state index in [1.54, 1.807) is 7.11 Å². The molecule has 1 aliphatic heterocycles. The highest BCUT2D eigenvalue weighted by Crippen LogP contribution is 2.37. The monoisotopic (exact) mass is 647 g/mol. The van der Waals surface area contributed by atoms with Gasteiger partial charge in [-0.2, -0.15) is 0 Å². The van der Waals surface area contributed by atoms with Crippen LogP contribution in [0.2, 0.25) is 0 Å². The van der Waals surface area contributed by atoms with Crippen molar-refractivity contribution >= 4 is 29.1 Å². The molecule has 3 aromatic rings. The number of carboxylic acids is 3. The number of rotatable bonds is 15. The molecule has 1 aliphatic rings. The lowest BCUT2D eigenvalue weighted by molar-refractivity contribution is -0.170. The predicted molar refractivity (Wildman–Crippen MR) is 180 cm³/mol. The van der Waals surface area contributed by atoms with Crippen LogP contribution in [0.25, 0.3) is 11.1 Å². The van der Waals surface area contributed by atoms with E-state index < -0.39 is 36.4 Å². The van der Waals surface area contributed by atoms with Crippen LogP contribution in [0.5, 0.6) is 11.5 Å². The summed E-state index contributed by atoms with van der Waals surface area (Å²) >= 11 is 0. The van der Waals surface area contributed by atoms with Gasteiger partial charge in [-0.1, -0.05) is 68.4 Å². The molecule has 0 bridgehead atoms. The third kappa shape index (κ3) is 11.6. The van der Waals surface area contributed by atoms with Crippen molar-refractivity contribution in [2.75, 3.05) is 33.4 Å². The Balaban J connectivity index is 0.000000392. The second-order valence-corrected chi connectivity index (χ2v) is 11.9. The Kier molecular flexibility index (Phi) is 14.0. The predicted octanol–water partition coefficient (Wildman–Crippen LogP) is 5.93. The molecule has 0 aliphatic carbocycles. The minimum absolute atomic E-state index is 0.539. The van der Waals surface area contributed by atoms with Gasteiger partial charge < -0.3 is 29.9 Å². The van der Waals surface area contributed by atoms with Gasteiger partial charge in [0.15, 0.2) is 5.60 Å². The average molecular weight is 648 g/mol. The van der Waals surface area contributed by atoms with Crippen molar-refractivity contribution in [3.8, 4) is 11.5 Å². The normalized spacial score (nSPS) is 13.7. The second-order valence-electron chi connectivity index (χ2n) is 11.9. The molecule has 0 unspecified atom stereocenters. The van der Waals surface area contributed by atoms with Crippen LogP contribution >= 0.6 is 0 Å². The second kappa shape index (κ2) is 17.9. The molecule has 10 heteroatoms. The van der Waals surface area contributed by atoms with Gasteiger partial charge in [-0.15, -0.1) is 0 Å². The number of nitrogens with zero attached hydrogens (tertiary/aromatic N) is 1. The Bertz CT molecular complexity index is 1460. The summed E-state index contributed by atoms with van der Waals surface area (Å²) in [5.74, 6) is -2.68. The number of ether oxygens (including phenoxy) is 2. The summed E-state index contributed by atoms with van der Waals surface area (Å²) in [5.41, 5.74) is 3.57. The minimum atomic E-state index is -2.74. The molecule has 4 N–H and O–H groups in total. The van der Waals surface area contributed by atoms with Crippen molar-refractivity contribution < 1.29 is 44.3 Å². The largest absolute Gasteiger partial charge is 0.497 e. The summed E-state index contributed by atoms with van der Waals surface area (Å²) in [6, 6.07) is 27.8. The quantitative estimate of drug-likeness (QED) is 0.146. The summed E-state index contributed by atoms with van der Waals surface area (Å²) < 4.78 is 11.5. The van der Waals surface area contributed by atoms with Gasteiger partial charge in [0.25, 0.3) is 0 Å². The fourth-order valence-electron chi connectivity index (χ4n) is 5.42. The number of hydrogen-bond acceptors (Lipinski definition) is 7. The molecular weight excluding hydrogens is 602 g/mol. The maximum absolute atomic E-state index is 10.3. The van der Waals surface area contributed by atoms with Crippen LogP contribution in [0.15, 0.2) is 78.9 Å². The molecule has 10 nitrogen and oxygen atoms in total. The Labute approximate surface area is 275 Å². The topological polar surface area (TPSA) is 154 Å². The molecule has 0 atom stereocenters. The molecule has 1 saturated heterocycles. The zero-order chi connectivity index (χ0) is 34.4. The third-order valence-corrected chi connectivity index (χ3v) is 7.72. The van der Waals surface area contributed by atoms with Crippen LogP contribution in [0.1, 0.15) is 62.6 Å². The standard InChI is InChI=1S/C31H37NO2.C6H8O7/c1-24(2)23-30(25-9-5-4-6-10-25)31(26-11-15-28(33-3)16-12-26)27-13-17-29(18-14-27)34-22-21-32-19-7-8-20-32;7-3(8)1-6(13,5(11)12)2-4(9)10/h4-6,9-18,24H,7-8,19-23H2,1-3H3;13H,1-2H2,(H,7,8)(H,9,10)(H,11,12)/b31-30+;. The SMILES string of the molecule is COc1ccc(/C(=C(/CC(C)C)c2ccccc2)c2ccc(OCCN3CCCC3)cc2)cc1.O=C(O)CC(O)(CC(=O)O)C(=O)O. The zero-order valence-electron chi connectivity index (χ0n) is 27.2. The molecule has 4 rings (SSSR count). The van der Waals surface area contributed by atoms with Gasteiger partial charge in [0.05, 0.1) is 20.0 Å². The molecule has 1 fully saturated rings. The lowest BCUT2D eigenvalue weighted by atomic mass is 9.85. The Hall–Kier alpha value is -4.67. The Morgan fingerprint density at radius 3 is 1.72 bits per heavy atom. The van der Waals surface area contributed by atoms with Gasteiger partial charge in [0.1, 0.15) is 18.1 Å². The van der Waals surface area contributed by atoms with E-state index in [1.807, 2.05) is 12.1 Å². The van der Waals surface area contributed by atoms with E-state index in [2.05, 4.69) is 85.5 Å². The van der Waals surface area contributed by atoms with Crippen LogP contribution < -0.4 is 9.47 Å². The first-order valence-electron chi connectivity index (χ1n) is 15.7. The molecule has 0 spiro atoms. The van der Waals surface area contributed by atoms with Gasteiger partial charge in [-0.25, -0.2) is 4.79 Å². The lowest BCUT2D eigenvalue weighted by Crippen LogP contribution is -2.42. The summed E-state index contributed by atoms with van der Waals surface area (Å²) in [6.07, 6.45) is 1.34. The number of aliphatic hydroxyl groups is 1. The highest BCUT2D eigenvalue weighted by atomic mass is 16.5. The van der Waals surface area contributed by atoms with E-state index in [-0.39, 0.29) is 0 Å². The Morgan fingerprint density at radius 1 is 0.766 bits per heavy atom. The van der Waals surface area contributed by atoms with Crippen LogP contribution in [-0.4, -0.2) is 82.2 Å². The van der Waals surface area contributed by atoms with Crippen LogP contribution in [0, 0.1) is 5.92 Å². The van der Waals surface area contributed by atoms with Crippen molar-refractivity contribution in [2.24, 2.45) is 5.92 Å². The molecule has 47 heavy (non-hydrogen) atoms. The van der Waals surface area contributed by atoms with E-state index in [4.69, 9.17) is 29.9 Å². The molecule has 1 heterocycles.